The van der Waals surface area contributed by atoms with Crippen LogP contribution in [0.25, 0.3) is 0 Å². The van der Waals surface area contributed by atoms with Gasteiger partial charge in [-0.1, -0.05) is 65.1 Å². The molecule has 0 atom stereocenters. The van der Waals surface area contributed by atoms with Crippen molar-refractivity contribution in [2.45, 2.75) is 62.7 Å². The van der Waals surface area contributed by atoms with Crippen LogP contribution in [0.5, 0.6) is 0 Å². The van der Waals surface area contributed by atoms with Gasteiger partial charge in [0.15, 0.2) is 0 Å². The maximum atomic E-state index is 11.7. The molecular formula is C16H28N8O2S2. The normalized spacial score (nSPS) is 11.7. The molecule has 0 saturated heterocycles. The molecule has 0 aliphatic rings. The van der Waals surface area contributed by atoms with Crippen LogP contribution in [-0.2, 0) is 10.8 Å². The van der Waals surface area contributed by atoms with E-state index in [0.29, 0.717) is 21.7 Å². The molecule has 2 rings (SSSR count). The summed E-state index contributed by atoms with van der Waals surface area (Å²) in [4.78, 5) is 23.4. The van der Waals surface area contributed by atoms with Gasteiger partial charge in [0.25, 0.3) is 11.1 Å². The van der Waals surface area contributed by atoms with Crippen molar-refractivity contribution >= 4 is 23.5 Å². The molecule has 0 aliphatic carbocycles. The quantitative estimate of drug-likeness (QED) is 0.518. The number of hydrogen-bond acceptors (Lipinski definition) is 10. The standard InChI is InChI=1S/2C8H14N4OS/c2*1-8(2,3)5-6(13)12(9)7(14-4)11-10-5/h2*9H2,1-4H3. The summed E-state index contributed by atoms with van der Waals surface area (Å²) >= 11 is 2.59. The smallest absolute Gasteiger partial charge is 0.295 e. The average Bonchev–Trinajstić information content (AvgIpc) is 2.58. The Labute approximate surface area is 172 Å². The van der Waals surface area contributed by atoms with Gasteiger partial charge in [-0.3, -0.25) is 9.59 Å². The molecular weight excluding hydrogens is 400 g/mol. The van der Waals surface area contributed by atoms with E-state index in [-0.39, 0.29) is 21.9 Å². The molecule has 0 saturated carbocycles. The summed E-state index contributed by atoms with van der Waals surface area (Å²) in [6.45, 7) is 11.4. The van der Waals surface area contributed by atoms with Crippen LogP contribution in [0.3, 0.4) is 0 Å². The van der Waals surface area contributed by atoms with E-state index in [1.807, 2.05) is 41.5 Å². The number of aromatic nitrogens is 6. The van der Waals surface area contributed by atoms with Gasteiger partial charge in [0, 0.05) is 10.8 Å². The van der Waals surface area contributed by atoms with Gasteiger partial charge < -0.3 is 11.7 Å². The number of thioether (sulfide) groups is 2. The molecule has 0 radical (unpaired) electrons. The third-order valence-electron chi connectivity index (χ3n) is 3.51. The fourth-order valence-electron chi connectivity index (χ4n) is 1.99. The van der Waals surface area contributed by atoms with Crippen LogP contribution < -0.4 is 22.8 Å². The molecule has 0 bridgehead atoms. The summed E-state index contributed by atoms with van der Waals surface area (Å²) in [7, 11) is 0. The van der Waals surface area contributed by atoms with E-state index in [4.69, 9.17) is 11.7 Å². The van der Waals surface area contributed by atoms with Crippen molar-refractivity contribution < 1.29 is 0 Å². The SMILES string of the molecule is CSc1nnc(C(C)(C)C)c(=O)n1N.CSc1nnc(C(C)(C)C)c(=O)n1N. The van der Waals surface area contributed by atoms with Crippen molar-refractivity contribution in [2.24, 2.45) is 0 Å². The first-order chi connectivity index (χ1) is 12.8. The van der Waals surface area contributed by atoms with Crippen LogP contribution >= 0.6 is 23.5 Å². The molecule has 0 aromatic carbocycles. The van der Waals surface area contributed by atoms with Gasteiger partial charge in [0.05, 0.1) is 0 Å². The summed E-state index contributed by atoms with van der Waals surface area (Å²) in [5, 5.41) is 16.4. The van der Waals surface area contributed by atoms with Crippen LogP contribution in [0, 0.1) is 0 Å². The van der Waals surface area contributed by atoms with E-state index in [1.54, 1.807) is 12.5 Å². The highest BCUT2D eigenvalue weighted by atomic mass is 32.2. The first kappa shape index (κ1) is 24.0. The van der Waals surface area contributed by atoms with Crippen molar-refractivity contribution in [3.05, 3.63) is 32.1 Å². The highest BCUT2D eigenvalue weighted by molar-refractivity contribution is 7.98. The third kappa shape index (κ3) is 5.47. The number of hydrogen-bond donors (Lipinski definition) is 2. The second-order valence-electron chi connectivity index (χ2n) is 7.92. The van der Waals surface area contributed by atoms with Crippen LogP contribution in [0.1, 0.15) is 52.9 Å². The van der Waals surface area contributed by atoms with Gasteiger partial charge >= 0.3 is 0 Å². The lowest BCUT2D eigenvalue weighted by molar-refractivity contribution is 0.520. The summed E-state index contributed by atoms with van der Waals surface area (Å²) < 4.78 is 2.08. The highest BCUT2D eigenvalue weighted by Crippen LogP contribution is 2.17. The summed E-state index contributed by atoms with van der Waals surface area (Å²) in [5.74, 6) is 11.1. The lowest BCUT2D eigenvalue weighted by Gasteiger charge is -2.16. The van der Waals surface area contributed by atoms with Gasteiger partial charge in [-0.15, -0.1) is 20.4 Å². The van der Waals surface area contributed by atoms with Crippen molar-refractivity contribution in [1.82, 2.24) is 29.7 Å². The van der Waals surface area contributed by atoms with Gasteiger partial charge in [-0.25, -0.2) is 0 Å². The molecule has 4 N–H and O–H groups in total. The zero-order valence-electron chi connectivity index (χ0n) is 17.5. The van der Waals surface area contributed by atoms with E-state index in [2.05, 4.69) is 20.4 Å². The van der Waals surface area contributed by atoms with Gasteiger partial charge in [-0.2, -0.15) is 9.35 Å². The van der Waals surface area contributed by atoms with Crippen LogP contribution in [-0.4, -0.2) is 42.3 Å². The molecule has 0 aliphatic heterocycles. The average molecular weight is 429 g/mol. The molecule has 0 fully saturated rings. The Balaban J connectivity index is 0.000000280. The van der Waals surface area contributed by atoms with Crippen LogP contribution in [0.15, 0.2) is 19.9 Å². The molecule has 12 heteroatoms. The van der Waals surface area contributed by atoms with E-state index < -0.39 is 0 Å². The fourth-order valence-corrected chi connectivity index (χ4v) is 2.79. The minimum absolute atomic E-state index is 0.281. The minimum atomic E-state index is -0.331. The number of nitrogens with zero attached hydrogens (tertiary/aromatic N) is 6. The number of rotatable bonds is 2. The molecule has 0 unspecified atom stereocenters. The Morgan fingerprint density at radius 3 is 1.18 bits per heavy atom. The first-order valence-corrected chi connectivity index (χ1v) is 10.8. The predicted molar refractivity (Wildman–Crippen MR) is 114 cm³/mol. The predicted octanol–water partition coefficient (Wildman–Crippen LogP) is 0.743. The molecule has 0 spiro atoms. The van der Waals surface area contributed by atoms with Crippen molar-refractivity contribution in [1.29, 1.82) is 0 Å². The molecule has 2 aromatic heterocycles. The van der Waals surface area contributed by atoms with Crippen LogP contribution in [0.2, 0.25) is 0 Å². The fraction of sp³-hybridized carbons (Fsp3) is 0.625. The van der Waals surface area contributed by atoms with Gasteiger partial charge in [0.1, 0.15) is 11.4 Å². The maximum Gasteiger partial charge on any atom is 0.295 e. The Morgan fingerprint density at radius 2 is 0.964 bits per heavy atom. The number of nitrogens with two attached hydrogens (primary N) is 2. The molecule has 0 amide bonds. The lowest BCUT2D eigenvalue weighted by atomic mass is 9.93. The monoisotopic (exact) mass is 428 g/mol. The molecule has 28 heavy (non-hydrogen) atoms. The van der Waals surface area contributed by atoms with Crippen molar-refractivity contribution in [2.75, 3.05) is 24.2 Å². The van der Waals surface area contributed by atoms with E-state index in [9.17, 15) is 9.59 Å². The van der Waals surface area contributed by atoms with Gasteiger partial charge in [0.2, 0.25) is 10.3 Å². The van der Waals surface area contributed by atoms with Crippen molar-refractivity contribution in [3.8, 4) is 0 Å². The molecule has 10 nitrogen and oxygen atoms in total. The Bertz CT molecular complexity index is 864. The highest BCUT2D eigenvalue weighted by Gasteiger charge is 2.23. The van der Waals surface area contributed by atoms with E-state index in [1.165, 1.54) is 23.5 Å². The molecule has 2 heterocycles. The largest absolute Gasteiger partial charge is 0.334 e. The van der Waals surface area contributed by atoms with Gasteiger partial charge in [-0.05, 0) is 12.5 Å². The first-order valence-electron chi connectivity index (χ1n) is 8.34. The molecule has 156 valence electrons. The van der Waals surface area contributed by atoms with E-state index >= 15 is 0 Å². The second-order valence-corrected chi connectivity index (χ2v) is 9.47. The topological polar surface area (TPSA) is 148 Å². The second kappa shape index (κ2) is 8.95. The Kier molecular flexibility index (Phi) is 7.66. The minimum Gasteiger partial charge on any atom is -0.334 e. The molecule has 2 aromatic rings. The third-order valence-corrected chi connectivity index (χ3v) is 4.80. The number of nitrogen functional groups attached to an aromatic ring is 2. The zero-order chi connectivity index (χ0) is 21.9. The summed E-state index contributed by atoms with van der Waals surface area (Å²) in [6, 6.07) is 0. The van der Waals surface area contributed by atoms with Crippen molar-refractivity contribution in [3.63, 3.8) is 0 Å². The zero-order valence-corrected chi connectivity index (χ0v) is 19.1. The maximum absolute atomic E-state index is 11.7. The summed E-state index contributed by atoms with van der Waals surface area (Å²) in [6.07, 6.45) is 3.59. The summed E-state index contributed by atoms with van der Waals surface area (Å²) in [5.41, 5.74) is -0.450. The van der Waals surface area contributed by atoms with Crippen LogP contribution in [0.4, 0.5) is 0 Å². The Morgan fingerprint density at radius 1 is 0.679 bits per heavy atom. The lowest BCUT2D eigenvalue weighted by Crippen LogP contribution is -2.37. The Hall–Kier alpha value is -2.08. The van der Waals surface area contributed by atoms with E-state index in [0.717, 1.165) is 9.35 Å².